The molecule has 0 saturated carbocycles. The van der Waals surface area contributed by atoms with E-state index < -0.39 is 81.6 Å². The average molecular weight is 512 g/mol. The van der Waals surface area contributed by atoms with Gasteiger partial charge in [-0.1, -0.05) is 5.16 Å². The molecule has 1 fully saturated rings. The van der Waals surface area contributed by atoms with Crippen molar-refractivity contribution >= 4 is 15.9 Å². The number of likely N-dealkylation sites (tertiary alicyclic amines) is 1. The smallest absolute Gasteiger partial charge is 0.282 e. The molecule has 2 atom stereocenters. The molecule has 34 heavy (non-hydrogen) atoms. The number of rotatable bonds is 5. The van der Waals surface area contributed by atoms with Gasteiger partial charge in [0.1, 0.15) is 35.1 Å². The molecule has 2 aromatic rings. The van der Waals surface area contributed by atoms with Crippen molar-refractivity contribution in [2.75, 3.05) is 19.1 Å². The zero-order valence-electron chi connectivity index (χ0n) is 16.9. The van der Waals surface area contributed by atoms with Crippen molar-refractivity contribution < 1.29 is 44.0 Å². The summed E-state index contributed by atoms with van der Waals surface area (Å²) in [4.78, 5) is 10.0. The lowest BCUT2D eigenvalue weighted by Crippen LogP contribution is -2.47. The van der Waals surface area contributed by atoms with Crippen molar-refractivity contribution in [1.29, 1.82) is 0 Å². The first-order valence-corrected chi connectivity index (χ1v) is 11.3. The molecular formula is C19H15F7N4O3S. The van der Waals surface area contributed by atoms with Gasteiger partial charge in [-0.2, -0.15) is 0 Å². The summed E-state index contributed by atoms with van der Waals surface area (Å²) in [7, 11) is -4.56. The number of hydrogen-bond acceptors (Lipinski definition) is 6. The fourth-order valence-corrected chi connectivity index (χ4v) is 4.50. The first-order valence-electron chi connectivity index (χ1n) is 9.62. The molecule has 3 heterocycles. The molecule has 1 aromatic heterocycles. The van der Waals surface area contributed by atoms with Crippen molar-refractivity contribution in [2.24, 2.45) is 5.16 Å². The molecule has 0 aliphatic carbocycles. The monoisotopic (exact) mass is 512 g/mol. The lowest BCUT2D eigenvalue weighted by Gasteiger charge is -2.17. The maximum atomic E-state index is 14.3. The first kappa shape index (κ1) is 24.2. The predicted octanol–water partition coefficient (Wildman–Crippen LogP) is 3.25. The van der Waals surface area contributed by atoms with E-state index in [0.717, 1.165) is 17.2 Å². The van der Waals surface area contributed by atoms with Crippen LogP contribution in [-0.2, 0) is 14.9 Å². The van der Waals surface area contributed by atoms with Crippen LogP contribution in [0.5, 0.6) is 0 Å². The number of nitrogens with zero attached hydrogens (tertiary/aromatic N) is 3. The van der Waals surface area contributed by atoms with Crippen LogP contribution in [0.25, 0.3) is 11.1 Å². The largest absolute Gasteiger partial charge is 0.384 e. The van der Waals surface area contributed by atoms with E-state index in [9.17, 15) is 39.2 Å². The minimum absolute atomic E-state index is 0.0660. The van der Waals surface area contributed by atoms with Crippen molar-refractivity contribution in [3.8, 4) is 11.1 Å². The number of sulfonamides is 1. The van der Waals surface area contributed by atoms with E-state index in [-0.39, 0.29) is 18.0 Å². The molecule has 2 aliphatic rings. The molecule has 4 rings (SSSR count). The summed E-state index contributed by atoms with van der Waals surface area (Å²) >= 11 is 0. The van der Waals surface area contributed by atoms with Crippen LogP contribution in [0.4, 0.5) is 30.7 Å². The maximum absolute atomic E-state index is 14.3. The van der Waals surface area contributed by atoms with E-state index in [0.29, 0.717) is 12.1 Å². The van der Waals surface area contributed by atoms with Gasteiger partial charge in [-0.15, -0.1) is 0 Å². The van der Waals surface area contributed by atoms with Crippen molar-refractivity contribution in [3.05, 3.63) is 53.4 Å². The van der Waals surface area contributed by atoms with E-state index in [1.165, 1.54) is 0 Å². The van der Waals surface area contributed by atoms with E-state index >= 15 is 0 Å². The summed E-state index contributed by atoms with van der Waals surface area (Å²) in [6.07, 6.45) is -0.676. The lowest BCUT2D eigenvalue weighted by atomic mass is 9.98. The molecule has 1 aromatic carbocycles. The van der Waals surface area contributed by atoms with Crippen LogP contribution < -0.4 is 4.72 Å². The number of benzene rings is 1. The summed E-state index contributed by atoms with van der Waals surface area (Å²) in [6, 6.07) is -2.25. The van der Waals surface area contributed by atoms with Crippen LogP contribution in [0.2, 0.25) is 0 Å². The predicted molar refractivity (Wildman–Crippen MR) is 104 cm³/mol. The van der Waals surface area contributed by atoms with Gasteiger partial charge in [-0.05, 0) is 6.07 Å². The number of halogens is 7. The Morgan fingerprint density at radius 1 is 1.12 bits per heavy atom. The SMILES string of the molecule is O=S(=O)(CF)N[C@@H]1CN(C2=NO[C@H](c3ncc(F)cc3-c3c(F)cc(F)cc3F)C2)CC1(F)F. The van der Waals surface area contributed by atoms with Crippen LogP contribution in [0.1, 0.15) is 18.2 Å². The van der Waals surface area contributed by atoms with Crippen molar-refractivity contribution in [1.82, 2.24) is 14.6 Å². The molecule has 0 amide bonds. The molecule has 2 aliphatic heterocycles. The van der Waals surface area contributed by atoms with Gasteiger partial charge in [-0.25, -0.2) is 43.9 Å². The van der Waals surface area contributed by atoms with E-state index in [2.05, 4.69) is 10.1 Å². The Morgan fingerprint density at radius 2 is 1.79 bits per heavy atom. The second kappa shape index (κ2) is 8.69. The third-order valence-corrected chi connectivity index (χ3v) is 6.20. The number of alkyl halides is 3. The summed E-state index contributed by atoms with van der Waals surface area (Å²) in [5.41, 5.74) is -1.35. The molecule has 0 unspecified atom stereocenters. The molecule has 184 valence electrons. The van der Waals surface area contributed by atoms with Crippen LogP contribution in [0, 0.1) is 23.3 Å². The molecule has 1 saturated heterocycles. The van der Waals surface area contributed by atoms with E-state index in [1.807, 2.05) is 0 Å². The van der Waals surface area contributed by atoms with Gasteiger partial charge in [0.25, 0.3) is 5.92 Å². The third-order valence-electron chi connectivity index (χ3n) is 5.26. The van der Waals surface area contributed by atoms with Crippen LogP contribution in [0.3, 0.4) is 0 Å². The van der Waals surface area contributed by atoms with E-state index in [1.54, 1.807) is 4.72 Å². The maximum Gasteiger partial charge on any atom is 0.282 e. The first-order chi connectivity index (χ1) is 15.9. The van der Waals surface area contributed by atoms with Gasteiger partial charge in [0.05, 0.1) is 30.4 Å². The highest BCUT2D eigenvalue weighted by Gasteiger charge is 2.51. The molecule has 7 nitrogen and oxygen atoms in total. The van der Waals surface area contributed by atoms with Crippen LogP contribution in [-0.4, -0.2) is 55.2 Å². The van der Waals surface area contributed by atoms with Gasteiger partial charge in [0.15, 0.2) is 6.10 Å². The normalized spacial score (nSPS) is 22.1. The van der Waals surface area contributed by atoms with Crippen molar-refractivity contribution in [2.45, 2.75) is 24.5 Å². The fraction of sp³-hybridized carbons (Fsp3) is 0.368. The third kappa shape index (κ3) is 4.66. The Labute approximate surface area is 188 Å². The topological polar surface area (TPSA) is 83.9 Å². The summed E-state index contributed by atoms with van der Waals surface area (Å²) < 4.78 is 121. The van der Waals surface area contributed by atoms with Crippen LogP contribution >= 0.6 is 0 Å². The zero-order chi connectivity index (χ0) is 24.8. The number of nitrogens with one attached hydrogen (secondary N) is 1. The Kier molecular flexibility index (Phi) is 6.18. The second-order valence-corrected chi connectivity index (χ2v) is 9.36. The minimum Gasteiger partial charge on any atom is -0.384 e. The highest BCUT2D eigenvalue weighted by atomic mass is 32.2. The molecule has 15 heteroatoms. The minimum atomic E-state index is -4.56. The van der Waals surface area contributed by atoms with Gasteiger partial charge >= 0.3 is 0 Å². The fourth-order valence-electron chi connectivity index (χ4n) is 3.76. The van der Waals surface area contributed by atoms with Gasteiger partial charge < -0.3 is 9.74 Å². The summed E-state index contributed by atoms with van der Waals surface area (Å²) in [6.45, 7) is -1.53. The Balaban J connectivity index is 1.58. The summed E-state index contributed by atoms with van der Waals surface area (Å²) in [5.74, 6) is -8.44. The second-order valence-electron chi connectivity index (χ2n) is 7.67. The number of aromatic nitrogens is 1. The molecule has 0 bridgehead atoms. The Hall–Kier alpha value is -2.94. The van der Waals surface area contributed by atoms with Crippen LogP contribution in [0.15, 0.2) is 29.6 Å². The van der Waals surface area contributed by atoms with Gasteiger partial charge in [0.2, 0.25) is 16.0 Å². The molecule has 1 N–H and O–H groups in total. The van der Waals surface area contributed by atoms with Gasteiger partial charge in [-0.3, -0.25) is 4.98 Å². The number of hydrogen-bond donors (Lipinski definition) is 1. The number of oxime groups is 1. The highest BCUT2D eigenvalue weighted by Crippen LogP contribution is 2.38. The van der Waals surface area contributed by atoms with E-state index in [4.69, 9.17) is 4.84 Å². The Morgan fingerprint density at radius 3 is 2.44 bits per heavy atom. The Bertz CT molecular complexity index is 1240. The quantitative estimate of drug-likeness (QED) is 0.622. The molecular weight excluding hydrogens is 497 g/mol. The standard InChI is InChI=1S/C19H15F7N4O3S/c20-8-34(31,32)29-15-6-30(7-19(15,25)26)16-4-14(33-28-16)18-11(1-10(22)5-27-18)17-12(23)2-9(21)3-13(17)24/h1-3,5,14-15,29H,4,6-8H2/t14-,15+/m0/s1. The summed E-state index contributed by atoms with van der Waals surface area (Å²) in [5, 5.41) is 3.69. The zero-order valence-corrected chi connectivity index (χ0v) is 17.7. The lowest BCUT2D eigenvalue weighted by molar-refractivity contribution is -0.00133. The van der Waals surface area contributed by atoms with Gasteiger partial charge in [0, 0.05) is 24.2 Å². The number of amidine groups is 1. The molecule has 0 radical (unpaired) electrons. The van der Waals surface area contributed by atoms with Crippen molar-refractivity contribution in [3.63, 3.8) is 0 Å². The highest BCUT2D eigenvalue weighted by molar-refractivity contribution is 7.89. The average Bonchev–Trinajstić information content (AvgIpc) is 3.32. The molecule has 0 spiro atoms. The number of pyridine rings is 1.